The summed E-state index contributed by atoms with van der Waals surface area (Å²) in [4.78, 5) is 19.2. The lowest BCUT2D eigenvalue weighted by Gasteiger charge is -2.35. The zero-order valence-corrected chi connectivity index (χ0v) is 11.5. The number of methoxy groups -OCH3 is 1. The maximum Gasteiger partial charge on any atom is 0.184 e. The molecule has 4 heteroatoms. The van der Waals surface area contributed by atoms with E-state index in [1.807, 2.05) is 6.07 Å². The molecular weight excluding hydrogens is 240 g/mol. The second-order valence-corrected chi connectivity index (χ2v) is 5.67. The van der Waals surface area contributed by atoms with Crippen LogP contribution in [0, 0.1) is 5.92 Å². The molecule has 2 unspecified atom stereocenters. The summed E-state index contributed by atoms with van der Waals surface area (Å²) in [5.74, 6) is 1.04. The quantitative estimate of drug-likeness (QED) is 0.781. The van der Waals surface area contributed by atoms with Crippen LogP contribution in [0.2, 0.25) is 0 Å². The van der Waals surface area contributed by atoms with Crippen LogP contribution in [-0.4, -0.2) is 41.9 Å². The number of hydrogen-bond donors (Lipinski definition) is 0. The average molecular weight is 260 g/mol. The number of Topliss-reactive ketones (excluding diaryl/α,β-unsaturated/α-hetero) is 1. The normalized spacial score (nSPS) is 30.3. The highest BCUT2D eigenvalue weighted by molar-refractivity contribution is 5.96. The van der Waals surface area contributed by atoms with Crippen LogP contribution in [0.1, 0.15) is 36.2 Å². The van der Waals surface area contributed by atoms with Crippen LogP contribution in [-0.2, 0) is 0 Å². The summed E-state index contributed by atoms with van der Waals surface area (Å²) < 4.78 is 5.07. The van der Waals surface area contributed by atoms with E-state index in [1.165, 1.54) is 12.8 Å². The smallest absolute Gasteiger partial charge is 0.184 e. The van der Waals surface area contributed by atoms with Crippen molar-refractivity contribution in [1.29, 1.82) is 0 Å². The van der Waals surface area contributed by atoms with E-state index < -0.39 is 0 Å². The zero-order valence-electron chi connectivity index (χ0n) is 11.5. The number of pyridine rings is 1. The molecule has 1 aromatic rings. The molecule has 2 atom stereocenters. The first kappa shape index (κ1) is 12.6. The topological polar surface area (TPSA) is 42.4 Å². The van der Waals surface area contributed by atoms with Gasteiger partial charge in [0.15, 0.2) is 5.78 Å². The number of aromatic nitrogens is 1. The summed E-state index contributed by atoms with van der Waals surface area (Å²) >= 11 is 0. The molecule has 102 valence electrons. The Hall–Kier alpha value is -1.42. The van der Waals surface area contributed by atoms with E-state index in [1.54, 1.807) is 19.4 Å². The molecule has 0 aromatic carbocycles. The highest BCUT2D eigenvalue weighted by atomic mass is 16.5. The van der Waals surface area contributed by atoms with Crippen molar-refractivity contribution in [3.63, 3.8) is 0 Å². The Morgan fingerprint density at radius 3 is 2.53 bits per heavy atom. The number of nitrogens with zero attached hydrogens (tertiary/aromatic N) is 2. The summed E-state index contributed by atoms with van der Waals surface area (Å²) in [5, 5.41) is 0. The van der Waals surface area contributed by atoms with Gasteiger partial charge in [-0.3, -0.25) is 4.79 Å². The number of fused-ring (bicyclic) bond motifs is 2. The van der Waals surface area contributed by atoms with Crippen LogP contribution in [0.4, 0.5) is 0 Å². The third-order valence-electron chi connectivity index (χ3n) is 4.69. The van der Waals surface area contributed by atoms with Crippen molar-refractivity contribution in [1.82, 2.24) is 9.88 Å². The number of ketones is 1. The van der Waals surface area contributed by atoms with Crippen LogP contribution in [0.15, 0.2) is 18.3 Å². The number of hydrogen-bond acceptors (Lipinski definition) is 4. The van der Waals surface area contributed by atoms with Crippen molar-refractivity contribution in [2.24, 2.45) is 5.92 Å². The monoisotopic (exact) mass is 260 g/mol. The molecule has 0 amide bonds. The molecule has 0 radical (unpaired) electrons. The molecule has 0 aliphatic carbocycles. The molecule has 3 rings (SSSR count). The van der Waals surface area contributed by atoms with Crippen molar-refractivity contribution >= 4 is 5.78 Å². The number of ether oxygens (including phenoxy) is 1. The van der Waals surface area contributed by atoms with Gasteiger partial charge in [0, 0.05) is 18.0 Å². The predicted octanol–water partition coefficient (Wildman–Crippen LogP) is 2.15. The fourth-order valence-corrected chi connectivity index (χ4v) is 3.48. The van der Waals surface area contributed by atoms with Gasteiger partial charge in [-0.1, -0.05) is 0 Å². The lowest BCUT2D eigenvalue weighted by atomic mass is 9.86. The van der Waals surface area contributed by atoms with E-state index >= 15 is 0 Å². The number of piperidine rings is 1. The van der Waals surface area contributed by atoms with Crippen LogP contribution in [0.5, 0.6) is 5.75 Å². The summed E-state index contributed by atoms with van der Waals surface area (Å²) in [5.41, 5.74) is 0.578. The van der Waals surface area contributed by atoms with Crippen LogP contribution >= 0.6 is 0 Å². The first-order valence-electron chi connectivity index (χ1n) is 6.95. The molecule has 0 N–H and O–H groups in total. The second-order valence-electron chi connectivity index (χ2n) is 5.67. The fraction of sp³-hybridized carbons (Fsp3) is 0.600. The highest BCUT2D eigenvalue weighted by Crippen LogP contribution is 2.38. The van der Waals surface area contributed by atoms with Gasteiger partial charge in [0.1, 0.15) is 11.4 Å². The lowest BCUT2D eigenvalue weighted by molar-refractivity contribution is 0.0762. The molecule has 2 bridgehead atoms. The van der Waals surface area contributed by atoms with E-state index in [0.717, 1.165) is 12.8 Å². The zero-order chi connectivity index (χ0) is 13.4. The van der Waals surface area contributed by atoms with Crippen molar-refractivity contribution in [2.75, 3.05) is 14.2 Å². The summed E-state index contributed by atoms with van der Waals surface area (Å²) in [6.07, 6.45) is 6.07. The predicted molar refractivity (Wildman–Crippen MR) is 72.4 cm³/mol. The summed E-state index contributed by atoms with van der Waals surface area (Å²) in [7, 11) is 3.79. The van der Waals surface area contributed by atoms with E-state index in [9.17, 15) is 4.79 Å². The molecule has 3 heterocycles. The Kier molecular flexibility index (Phi) is 3.27. The first-order valence-corrected chi connectivity index (χ1v) is 6.95. The van der Waals surface area contributed by atoms with Gasteiger partial charge in [-0.25, -0.2) is 4.98 Å². The van der Waals surface area contributed by atoms with Gasteiger partial charge < -0.3 is 9.64 Å². The van der Waals surface area contributed by atoms with Crippen LogP contribution < -0.4 is 4.74 Å². The molecule has 1 aromatic heterocycles. The minimum Gasteiger partial charge on any atom is -0.495 e. The van der Waals surface area contributed by atoms with E-state index in [2.05, 4.69) is 16.9 Å². The average Bonchev–Trinajstić information content (AvgIpc) is 2.68. The fourth-order valence-electron chi connectivity index (χ4n) is 3.48. The standard InChI is InChI=1S/C15H20N2O2/c1-17-11-3-4-12(17)8-10(7-11)15(18)14-6-5-13(19-2)9-16-14/h5-6,9-12H,3-4,7-8H2,1-2H3. The van der Waals surface area contributed by atoms with Gasteiger partial charge in [0.2, 0.25) is 0 Å². The number of carbonyl (C=O) groups excluding carboxylic acids is 1. The molecule has 4 nitrogen and oxygen atoms in total. The van der Waals surface area contributed by atoms with Crippen molar-refractivity contribution in [3.8, 4) is 5.75 Å². The van der Waals surface area contributed by atoms with Crippen molar-refractivity contribution in [2.45, 2.75) is 37.8 Å². The first-order chi connectivity index (χ1) is 9.19. The van der Waals surface area contributed by atoms with E-state index in [0.29, 0.717) is 23.5 Å². The van der Waals surface area contributed by atoms with Crippen molar-refractivity contribution in [3.05, 3.63) is 24.0 Å². The maximum absolute atomic E-state index is 12.5. The molecule has 19 heavy (non-hydrogen) atoms. The van der Waals surface area contributed by atoms with Gasteiger partial charge in [-0.05, 0) is 44.9 Å². The molecule has 0 spiro atoms. The Morgan fingerprint density at radius 1 is 1.32 bits per heavy atom. The Bertz CT molecular complexity index is 458. The molecule has 2 aliphatic heterocycles. The molecule has 2 saturated heterocycles. The third kappa shape index (κ3) is 2.25. The SMILES string of the molecule is COc1ccc(C(=O)C2CC3CCC(C2)N3C)nc1. The molecule has 2 aliphatic rings. The van der Waals surface area contributed by atoms with E-state index in [-0.39, 0.29) is 11.7 Å². The lowest BCUT2D eigenvalue weighted by Crippen LogP contribution is -2.42. The summed E-state index contributed by atoms with van der Waals surface area (Å²) in [6, 6.07) is 4.77. The minimum absolute atomic E-state index is 0.148. The Balaban J connectivity index is 1.73. The molecule has 2 fully saturated rings. The van der Waals surface area contributed by atoms with Gasteiger partial charge in [-0.2, -0.15) is 0 Å². The van der Waals surface area contributed by atoms with Gasteiger partial charge in [0.05, 0.1) is 13.3 Å². The van der Waals surface area contributed by atoms with Crippen molar-refractivity contribution < 1.29 is 9.53 Å². The van der Waals surface area contributed by atoms with Crippen LogP contribution in [0.25, 0.3) is 0 Å². The van der Waals surface area contributed by atoms with E-state index in [4.69, 9.17) is 4.74 Å². The minimum atomic E-state index is 0.148. The third-order valence-corrected chi connectivity index (χ3v) is 4.69. The second kappa shape index (κ2) is 4.93. The van der Waals surface area contributed by atoms with Gasteiger partial charge in [-0.15, -0.1) is 0 Å². The molecule has 0 saturated carbocycles. The maximum atomic E-state index is 12.5. The Morgan fingerprint density at radius 2 is 2.00 bits per heavy atom. The number of rotatable bonds is 3. The number of carbonyl (C=O) groups is 1. The molecular formula is C15H20N2O2. The Labute approximate surface area is 113 Å². The largest absolute Gasteiger partial charge is 0.495 e. The van der Waals surface area contributed by atoms with Gasteiger partial charge in [0.25, 0.3) is 0 Å². The van der Waals surface area contributed by atoms with Crippen LogP contribution in [0.3, 0.4) is 0 Å². The summed E-state index contributed by atoms with van der Waals surface area (Å²) in [6.45, 7) is 0. The highest BCUT2D eigenvalue weighted by Gasteiger charge is 2.41. The van der Waals surface area contributed by atoms with Gasteiger partial charge >= 0.3 is 0 Å².